The SMILES string of the molecule is O=C(O)c1c(CNCC2(O)CCCC2)oc2ccccc12. The van der Waals surface area contributed by atoms with Crippen molar-refractivity contribution in [2.45, 2.75) is 37.8 Å². The number of carboxylic acids is 1. The van der Waals surface area contributed by atoms with E-state index in [4.69, 9.17) is 4.42 Å². The average Bonchev–Trinajstić information content (AvgIpc) is 3.02. The number of fused-ring (bicyclic) bond motifs is 1. The van der Waals surface area contributed by atoms with Gasteiger partial charge in [0.25, 0.3) is 0 Å². The van der Waals surface area contributed by atoms with Gasteiger partial charge < -0.3 is 19.9 Å². The topological polar surface area (TPSA) is 82.7 Å². The molecule has 1 saturated carbocycles. The summed E-state index contributed by atoms with van der Waals surface area (Å²) in [5.41, 5.74) is 0.123. The molecule has 0 bridgehead atoms. The highest BCUT2D eigenvalue weighted by molar-refractivity contribution is 6.03. The first-order valence-corrected chi connectivity index (χ1v) is 7.26. The molecule has 0 spiro atoms. The number of carboxylic acid groups (broad SMARTS) is 1. The van der Waals surface area contributed by atoms with Crippen LogP contribution in [0.5, 0.6) is 0 Å². The number of para-hydroxylation sites is 1. The molecule has 3 rings (SSSR count). The van der Waals surface area contributed by atoms with Crippen LogP contribution in [0.15, 0.2) is 28.7 Å². The number of hydrogen-bond donors (Lipinski definition) is 3. The Morgan fingerprint density at radius 1 is 1.29 bits per heavy atom. The van der Waals surface area contributed by atoms with Crippen molar-refractivity contribution in [3.8, 4) is 0 Å². The summed E-state index contributed by atoms with van der Waals surface area (Å²) in [6.07, 6.45) is 3.68. The maximum atomic E-state index is 11.4. The molecule has 21 heavy (non-hydrogen) atoms. The summed E-state index contributed by atoms with van der Waals surface area (Å²) in [6, 6.07) is 7.12. The molecule has 1 aliphatic carbocycles. The van der Waals surface area contributed by atoms with Gasteiger partial charge in [0.05, 0.1) is 12.1 Å². The van der Waals surface area contributed by atoms with Gasteiger partial charge in [-0.3, -0.25) is 0 Å². The number of nitrogens with one attached hydrogen (secondary N) is 1. The standard InChI is InChI=1S/C16H19NO4/c18-15(19)14-11-5-1-2-6-12(11)21-13(14)9-17-10-16(20)7-3-4-8-16/h1-2,5-6,17,20H,3-4,7-10H2,(H,18,19). The number of aromatic carboxylic acids is 1. The van der Waals surface area contributed by atoms with Crippen LogP contribution < -0.4 is 5.32 Å². The molecule has 5 nitrogen and oxygen atoms in total. The Morgan fingerprint density at radius 2 is 2.00 bits per heavy atom. The second-order valence-electron chi connectivity index (χ2n) is 5.74. The van der Waals surface area contributed by atoms with Crippen molar-refractivity contribution >= 4 is 16.9 Å². The third kappa shape index (κ3) is 2.80. The van der Waals surface area contributed by atoms with Gasteiger partial charge in [-0.25, -0.2) is 4.79 Å². The first kappa shape index (κ1) is 14.1. The Hall–Kier alpha value is -1.85. The summed E-state index contributed by atoms with van der Waals surface area (Å²) in [6.45, 7) is 0.766. The van der Waals surface area contributed by atoms with Gasteiger partial charge in [0.2, 0.25) is 0 Å². The molecule has 0 saturated heterocycles. The number of aliphatic hydroxyl groups is 1. The first-order chi connectivity index (χ1) is 10.1. The fourth-order valence-corrected chi connectivity index (χ4v) is 3.07. The van der Waals surface area contributed by atoms with Crippen LogP contribution in [0.4, 0.5) is 0 Å². The van der Waals surface area contributed by atoms with E-state index < -0.39 is 11.6 Å². The lowest BCUT2D eigenvalue weighted by atomic mass is 10.0. The van der Waals surface area contributed by atoms with Gasteiger partial charge in [0.15, 0.2) is 0 Å². The van der Waals surface area contributed by atoms with E-state index in [0.717, 1.165) is 25.7 Å². The van der Waals surface area contributed by atoms with Crippen LogP contribution in [0, 0.1) is 0 Å². The number of rotatable bonds is 5. The summed E-state index contributed by atoms with van der Waals surface area (Å²) in [7, 11) is 0. The van der Waals surface area contributed by atoms with Gasteiger partial charge in [-0.15, -0.1) is 0 Å². The molecule has 0 atom stereocenters. The predicted molar refractivity (Wildman–Crippen MR) is 78.3 cm³/mol. The van der Waals surface area contributed by atoms with E-state index in [-0.39, 0.29) is 5.56 Å². The largest absolute Gasteiger partial charge is 0.478 e. The summed E-state index contributed by atoms with van der Waals surface area (Å²) in [5, 5.41) is 23.4. The third-order valence-corrected chi connectivity index (χ3v) is 4.16. The fraction of sp³-hybridized carbons (Fsp3) is 0.438. The van der Waals surface area contributed by atoms with Crippen molar-refractivity contribution in [2.24, 2.45) is 0 Å². The molecule has 0 radical (unpaired) electrons. The average molecular weight is 289 g/mol. The molecule has 0 aliphatic heterocycles. The zero-order valence-electron chi connectivity index (χ0n) is 11.8. The van der Waals surface area contributed by atoms with Crippen LogP contribution in [0.25, 0.3) is 11.0 Å². The zero-order chi connectivity index (χ0) is 14.9. The maximum Gasteiger partial charge on any atom is 0.339 e. The normalized spacial score (nSPS) is 17.4. The minimum absolute atomic E-state index is 0.205. The van der Waals surface area contributed by atoms with Gasteiger partial charge >= 0.3 is 5.97 Å². The van der Waals surface area contributed by atoms with E-state index in [1.54, 1.807) is 18.2 Å². The van der Waals surface area contributed by atoms with Gasteiger partial charge in [-0.1, -0.05) is 31.0 Å². The van der Waals surface area contributed by atoms with E-state index in [0.29, 0.717) is 29.8 Å². The van der Waals surface area contributed by atoms with Crippen molar-refractivity contribution in [1.29, 1.82) is 0 Å². The van der Waals surface area contributed by atoms with Crippen LogP contribution in [-0.2, 0) is 6.54 Å². The summed E-state index contributed by atoms with van der Waals surface area (Å²) in [5.74, 6) is -0.582. The molecule has 1 heterocycles. The van der Waals surface area contributed by atoms with Crippen molar-refractivity contribution in [3.63, 3.8) is 0 Å². The number of furan rings is 1. The molecule has 1 aromatic carbocycles. The molecule has 1 aromatic heterocycles. The van der Waals surface area contributed by atoms with Gasteiger partial charge in [0, 0.05) is 11.9 Å². The van der Waals surface area contributed by atoms with Gasteiger partial charge in [0.1, 0.15) is 16.9 Å². The molecule has 2 aromatic rings. The summed E-state index contributed by atoms with van der Waals surface area (Å²) < 4.78 is 5.63. The third-order valence-electron chi connectivity index (χ3n) is 4.16. The van der Waals surface area contributed by atoms with Crippen molar-refractivity contribution in [3.05, 3.63) is 35.6 Å². The lowest BCUT2D eigenvalue weighted by Gasteiger charge is -2.22. The second kappa shape index (κ2) is 5.50. The molecule has 112 valence electrons. The summed E-state index contributed by atoms with van der Waals surface area (Å²) in [4.78, 5) is 11.4. The van der Waals surface area contributed by atoms with Crippen LogP contribution >= 0.6 is 0 Å². The van der Waals surface area contributed by atoms with E-state index in [1.807, 2.05) is 6.07 Å². The Morgan fingerprint density at radius 3 is 2.71 bits per heavy atom. The fourth-order valence-electron chi connectivity index (χ4n) is 3.07. The smallest absolute Gasteiger partial charge is 0.339 e. The molecule has 1 aliphatic rings. The molecule has 1 fully saturated rings. The number of hydrogen-bond acceptors (Lipinski definition) is 4. The molecule has 5 heteroatoms. The van der Waals surface area contributed by atoms with Crippen LogP contribution in [0.3, 0.4) is 0 Å². The Bertz CT molecular complexity index is 655. The van der Waals surface area contributed by atoms with Crippen molar-refractivity contribution in [1.82, 2.24) is 5.32 Å². The highest BCUT2D eigenvalue weighted by atomic mass is 16.4. The highest BCUT2D eigenvalue weighted by Gasteiger charge is 2.30. The van der Waals surface area contributed by atoms with E-state index in [1.165, 1.54) is 0 Å². The quantitative estimate of drug-likeness (QED) is 0.788. The molecular weight excluding hydrogens is 270 g/mol. The zero-order valence-corrected chi connectivity index (χ0v) is 11.8. The molecule has 0 unspecified atom stereocenters. The Labute approximate surface area is 122 Å². The minimum atomic E-state index is -0.990. The molecule has 0 amide bonds. The first-order valence-electron chi connectivity index (χ1n) is 7.26. The van der Waals surface area contributed by atoms with Crippen LogP contribution in [-0.4, -0.2) is 28.3 Å². The van der Waals surface area contributed by atoms with E-state index >= 15 is 0 Å². The number of carbonyl (C=O) groups is 1. The van der Waals surface area contributed by atoms with Gasteiger partial charge in [-0.05, 0) is 18.9 Å². The maximum absolute atomic E-state index is 11.4. The van der Waals surface area contributed by atoms with Crippen LogP contribution in [0.1, 0.15) is 41.8 Å². The van der Waals surface area contributed by atoms with Gasteiger partial charge in [-0.2, -0.15) is 0 Å². The van der Waals surface area contributed by atoms with Crippen molar-refractivity contribution < 1.29 is 19.4 Å². The number of benzene rings is 1. The Balaban J connectivity index is 1.77. The van der Waals surface area contributed by atoms with E-state index in [2.05, 4.69) is 5.32 Å². The molecular formula is C16H19NO4. The van der Waals surface area contributed by atoms with Crippen LogP contribution in [0.2, 0.25) is 0 Å². The lowest BCUT2D eigenvalue weighted by molar-refractivity contribution is 0.0471. The predicted octanol–water partition coefficient (Wildman–Crippen LogP) is 2.53. The highest BCUT2D eigenvalue weighted by Crippen LogP contribution is 2.29. The monoisotopic (exact) mass is 289 g/mol. The lowest BCUT2D eigenvalue weighted by Crippen LogP contribution is -2.37. The molecule has 3 N–H and O–H groups in total. The Kier molecular flexibility index (Phi) is 3.69. The minimum Gasteiger partial charge on any atom is -0.478 e. The summed E-state index contributed by atoms with van der Waals surface area (Å²) >= 11 is 0. The van der Waals surface area contributed by atoms with Crippen molar-refractivity contribution in [2.75, 3.05) is 6.54 Å². The second-order valence-corrected chi connectivity index (χ2v) is 5.74. The van der Waals surface area contributed by atoms with E-state index in [9.17, 15) is 15.0 Å².